The van der Waals surface area contributed by atoms with Crippen LogP contribution >= 0.6 is 0 Å². The summed E-state index contributed by atoms with van der Waals surface area (Å²) in [5.74, 6) is 6.93. The molecule has 2 heterocycles. The van der Waals surface area contributed by atoms with Crippen LogP contribution in [-0.2, 0) is 10.4 Å². The molecule has 9 heteroatoms. The Morgan fingerprint density at radius 1 is 0.875 bits per heavy atom. The Hall–Kier alpha value is -5.07. The zero-order valence-electron chi connectivity index (χ0n) is 21.9. The van der Waals surface area contributed by atoms with Crippen molar-refractivity contribution >= 4 is 5.97 Å². The van der Waals surface area contributed by atoms with E-state index in [9.17, 15) is 20.1 Å². The normalized spacial score (nSPS) is 15.1. The van der Waals surface area contributed by atoms with E-state index in [1.807, 2.05) is 18.2 Å². The van der Waals surface area contributed by atoms with Gasteiger partial charge in [-0.1, -0.05) is 30.0 Å². The molecule has 3 N–H and O–H groups in total. The first-order chi connectivity index (χ1) is 19.3. The third kappa shape index (κ3) is 5.00. The lowest BCUT2D eigenvalue weighted by Gasteiger charge is -2.36. The van der Waals surface area contributed by atoms with E-state index in [1.54, 1.807) is 56.7 Å². The van der Waals surface area contributed by atoms with Crippen molar-refractivity contribution in [3.05, 3.63) is 95.1 Å². The second-order valence-electron chi connectivity index (χ2n) is 9.08. The van der Waals surface area contributed by atoms with Gasteiger partial charge in [0.05, 0.1) is 14.2 Å². The molecule has 0 saturated heterocycles. The molecule has 0 amide bonds. The number of ether oxygens (including phenoxy) is 3. The molecule has 0 spiro atoms. The van der Waals surface area contributed by atoms with Crippen molar-refractivity contribution in [3.8, 4) is 46.6 Å². The number of aromatic hydroxyl groups is 2. The van der Waals surface area contributed by atoms with E-state index in [0.717, 1.165) is 0 Å². The molecule has 1 aromatic heterocycles. The van der Waals surface area contributed by atoms with E-state index >= 15 is 0 Å². The first-order valence-electron chi connectivity index (χ1n) is 12.5. The van der Waals surface area contributed by atoms with Crippen LogP contribution in [0.1, 0.15) is 41.5 Å². The van der Waals surface area contributed by atoms with E-state index in [4.69, 9.17) is 19.0 Å². The minimum absolute atomic E-state index is 0.0482. The fraction of sp³-hybridized carbons (Fsp3) is 0.194. The van der Waals surface area contributed by atoms with E-state index in [-0.39, 0.29) is 18.2 Å². The monoisotopic (exact) mass is 541 g/mol. The average Bonchev–Trinajstić information content (AvgIpc) is 3.28. The van der Waals surface area contributed by atoms with Crippen LogP contribution in [0, 0.1) is 11.8 Å². The van der Waals surface area contributed by atoms with Crippen molar-refractivity contribution < 1.29 is 39.2 Å². The van der Waals surface area contributed by atoms with Crippen LogP contribution in [0.5, 0.6) is 34.8 Å². The maximum atomic E-state index is 12.2. The summed E-state index contributed by atoms with van der Waals surface area (Å²) < 4.78 is 17.5. The van der Waals surface area contributed by atoms with Gasteiger partial charge in [-0.3, -0.25) is 0 Å². The maximum Gasteiger partial charge on any atom is 0.333 e. The van der Waals surface area contributed by atoms with Crippen molar-refractivity contribution in [2.24, 2.45) is 0 Å². The van der Waals surface area contributed by atoms with E-state index < -0.39 is 11.6 Å². The molecular weight excluding hydrogens is 514 g/mol. The van der Waals surface area contributed by atoms with Gasteiger partial charge >= 0.3 is 5.97 Å². The van der Waals surface area contributed by atoms with Gasteiger partial charge in [-0.15, -0.1) is 4.73 Å². The van der Waals surface area contributed by atoms with Gasteiger partial charge in [-0.25, -0.2) is 4.79 Å². The minimum Gasteiger partial charge on any atom is -0.497 e. The highest BCUT2D eigenvalue weighted by molar-refractivity contribution is 5.70. The van der Waals surface area contributed by atoms with Crippen LogP contribution in [0.3, 0.4) is 0 Å². The van der Waals surface area contributed by atoms with Crippen molar-refractivity contribution in [2.75, 3.05) is 14.2 Å². The highest BCUT2D eigenvalue weighted by atomic mass is 16.7. The Bertz CT molecular complexity index is 1590. The molecule has 1 atom stereocenters. The molecule has 0 aliphatic carbocycles. The summed E-state index contributed by atoms with van der Waals surface area (Å²) in [6.07, 6.45) is 0.875. The zero-order chi connectivity index (χ0) is 28.3. The van der Waals surface area contributed by atoms with Gasteiger partial charge in [0.2, 0.25) is 11.8 Å². The van der Waals surface area contributed by atoms with Crippen molar-refractivity contribution in [1.29, 1.82) is 0 Å². The predicted octanol–water partition coefficient (Wildman–Crippen LogP) is 4.48. The predicted molar refractivity (Wildman–Crippen MR) is 145 cm³/mol. The number of hydrogen-bond acceptors (Lipinski definition) is 8. The topological polar surface area (TPSA) is 120 Å². The molecule has 40 heavy (non-hydrogen) atoms. The number of hydrogen-bond donors (Lipinski definition) is 3. The number of unbranched alkanes of at least 4 members (excludes halogenated alkanes) is 1. The van der Waals surface area contributed by atoms with Crippen molar-refractivity contribution in [1.82, 2.24) is 4.73 Å². The fourth-order valence-corrected chi connectivity index (χ4v) is 4.53. The van der Waals surface area contributed by atoms with Crippen LogP contribution in [0.25, 0.3) is 0 Å². The van der Waals surface area contributed by atoms with Crippen molar-refractivity contribution in [3.63, 3.8) is 0 Å². The van der Waals surface area contributed by atoms with Crippen LogP contribution < -0.4 is 19.0 Å². The van der Waals surface area contributed by atoms with Crippen LogP contribution in [0.2, 0.25) is 0 Å². The molecule has 1 aliphatic rings. The molecule has 4 aromatic rings. The Balaban J connectivity index is 1.35. The summed E-state index contributed by atoms with van der Waals surface area (Å²) in [4.78, 5) is 16.9. The van der Waals surface area contributed by atoms with E-state index in [2.05, 4.69) is 11.8 Å². The van der Waals surface area contributed by atoms with Crippen LogP contribution in [0.4, 0.5) is 0 Å². The molecule has 0 fully saturated rings. The minimum atomic E-state index is -1.49. The standard InChI is InChI=1S/C31H27NO8/c1-37-22-11-9-21(10-12-22)31(36)24-14-8-20(18-26(24)39-27-19-23(38-2)13-15-25(27)31)6-4-3-5-7-30(35)40-32-28(33)16-17-29(32)34/h8-19,33-34,36H,3,5,7H2,1-2H3. The first-order valence-corrected chi connectivity index (χ1v) is 12.5. The number of carbonyl (C=O) groups excluding carboxylic acids is 1. The molecule has 9 nitrogen and oxygen atoms in total. The molecule has 1 unspecified atom stereocenters. The molecule has 0 radical (unpaired) electrons. The fourth-order valence-electron chi connectivity index (χ4n) is 4.53. The Kier molecular flexibility index (Phi) is 7.27. The van der Waals surface area contributed by atoms with E-state index in [1.165, 1.54) is 12.1 Å². The van der Waals surface area contributed by atoms with E-state index in [0.29, 0.717) is 62.8 Å². The Labute approximate surface area is 230 Å². The third-order valence-electron chi connectivity index (χ3n) is 6.58. The summed E-state index contributed by atoms with van der Waals surface area (Å²) in [5, 5.41) is 31.3. The SMILES string of the molecule is COc1ccc(C2(O)c3ccc(C#CCCCC(=O)On4c(O)ccc4O)cc3Oc3cc(OC)ccc32)cc1. The Morgan fingerprint density at radius 2 is 1.50 bits per heavy atom. The molecule has 0 bridgehead atoms. The number of aliphatic hydroxyl groups is 1. The molecule has 3 aromatic carbocycles. The quantitative estimate of drug-likeness (QED) is 0.231. The highest BCUT2D eigenvalue weighted by Crippen LogP contribution is 2.51. The molecule has 0 saturated carbocycles. The first kappa shape index (κ1) is 26.5. The number of nitrogens with zero attached hydrogens (tertiary/aromatic N) is 1. The van der Waals surface area contributed by atoms with Crippen LogP contribution in [-0.4, -0.2) is 40.2 Å². The number of methoxy groups -OCH3 is 2. The van der Waals surface area contributed by atoms with Crippen molar-refractivity contribution in [2.45, 2.75) is 24.9 Å². The van der Waals surface area contributed by atoms with Gasteiger partial charge in [-0.05, 0) is 48.4 Å². The number of benzene rings is 3. The molecule has 5 rings (SSSR count). The Morgan fingerprint density at radius 3 is 2.17 bits per heavy atom. The smallest absolute Gasteiger partial charge is 0.333 e. The maximum absolute atomic E-state index is 12.2. The highest BCUT2D eigenvalue weighted by Gasteiger charge is 2.42. The third-order valence-corrected chi connectivity index (χ3v) is 6.58. The summed E-state index contributed by atoms with van der Waals surface area (Å²) >= 11 is 0. The lowest BCUT2D eigenvalue weighted by atomic mass is 9.78. The molecular formula is C31H27NO8. The summed E-state index contributed by atoms with van der Waals surface area (Å²) in [7, 11) is 3.15. The summed E-state index contributed by atoms with van der Waals surface area (Å²) in [5.41, 5.74) is 0.984. The van der Waals surface area contributed by atoms with Gasteiger partial charge in [0.25, 0.3) is 0 Å². The average molecular weight is 542 g/mol. The zero-order valence-corrected chi connectivity index (χ0v) is 21.9. The van der Waals surface area contributed by atoms with Gasteiger partial charge in [0.15, 0.2) is 0 Å². The number of rotatable bonds is 7. The second kappa shape index (κ2) is 11.0. The summed E-state index contributed by atoms with van der Waals surface area (Å²) in [6, 6.07) is 20.3. The molecule has 204 valence electrons. The lowest BCUT2D eigenvalue weighted by Crippen LogP contribution is -2.32. The van der Waals surface area contributed by atoms with Gasteiger partial charge in [0, 0.05) is 47.7 Å². The van der Waals surface area contributed by atoms with Crippen LogP contribution in [0.15, 0.2) is 72.8 Å². The second-order valence-corrected chi connectivity index (χ2v) is 9.08. The lowest BCUT2D eigenvalue weighted by molar-refractivity contribution is -0.145. The van der Waals surface area contributed by atoms with Gasteiger partial charge < -0.3 is 34.4 Å². The summed E-state index contributed by atoms with van der Waals surface area (Å²) in [6.45, 7) is 0. The number of carbonyl (C=O) groups is 1. The largest absolute Gasteiger partial charge is 0.497 e. The van der Waals surface area contributed by atoms with Gasteiger partial charge in [-0.2, -0.15) is 0 Å². The molecule has 1 aliphatic heterocycles. The number of aromatic nitrogens is 1. The number of fused-ring (bicyclic) bond motifs is 2. The van der Waals surface area contributed by atoms with Gasteiger partial charge in [0.1, 0.15) is 28.6 Å².